The van der Waals surface area contributed by atoms with Gasteiger partial charge in [0, 0.05) is 11.1 Å². The third kappa shape index (κ3) is 2.49. The molecule has 1 aromatic heterocycles. The maximum atomic E-state index is 4.30. The van der Waals surface area contributed by atoms with Gasteiger partial charge in [0.15, 0.2) is 0 Å². The number of fused-ring (bicyclic) bond motifs is 1. The van der Waals surface area contributed by atoms with Gasteiger partial charge < -0.3 is 0 Å². The van der Waals surface area contributed by atoms with Gasteiger partial charge in [0.2, 0.25) is 0 Å². The zero-order valence-electron chi connectivity index (χ0n) is 9.38. The van der Waals surface area contributed by atoms with E-state index in [1.54, 1.807) is 18.1 Å². The van der Waals surface area contributed by atoms with Gasteiger partial charge in [-0.15, -0.1) is 0 Å². The Morgan fingerprint density at radius 3 is 2.67 bits per heavy atom. The highest BCUT2D eigenvalue weighted by Crippen LogP contribution is 2.30. The van der Waals surface area contributed by atoms with E-state index in [0.717, 1.165) is 8.60 Å². The molecular weight excluding hydrogens is 355 g/mol. The zero-order chi connectivity index (χ0) is 12.4. The first-order valence-corrected chi connectivity index (χ1v) is 7.34. The second-order valence-electron chi connectivity index (χ2n) is 3.79. The van der Waals surface area contributed by atoms with Crippen LogP contribution in [0.1, 0.15) is 0 Å². The number of aromatic nitrogens is 2. The van der Waals surface area contributed by atoms with Crippen molar-refractivity contribution in [1.29, 1.82) is 0 Å². The third-order valence-electron chi connectivity index (χ3n) is 2.57. The van der Waals surface area contributed by atoms with Gasteiger partial charge in [0.05, 0.1) is 3.57 Å². The molecule has 0 bridgehead atoms. The van der Waals surface area contributed by atoms with Crippen LogP contribution in [-0.2, 0) is 0 Å². The molecule has 18 heavy (non-hydrogen) atoms. The summed E-state index contributed by atoms with van der Waals surface area (Å²) in [6.45, 7) is 0. The first-order valence-electron chi connectivity index (χ1n) is 5.45. The van der Waals surface area contributed by atoms with Crippen molar-refractivity contribution in [2.45, 2.75) is 9.92 Å². The summed E-state index contributed by atoms with van der Waals surface area (Å²) in [4.78, 5) is 9.50. The van der Waals surface area contributed by atoms with Crippen LogP contribution < -0.4 is 0 Å². The Balaban J connectivity index is 1.98. The molecule has 0 aliphatic carbocycles. The lowest BCUT2D eigenvalue weighted by Crippen LogP contribution is -1.86. The molecule has 0 spiro atoms. The molecule has 0 N–H and O–H groups in total. The molecule has 0 fully saturated rings. The van der Waals surface area contributed by atoms with E-state index < -0.39 is 0 Å². The Hall–Kier alpha value is -1.14. The van der Waals surface area contributed by atoms with Gasteiger partial charge in [0.25, 0.3) is 0 Å². The lowest BCUT2D eigenvalue weighted by atomic mass is 10.1. The van der Waals surface area contributed by atoms with Crippen molar-refractivity contribution >= 4 is 45.1 Å². The van der Waals surface area contributed by atoms with Crippen molar-refractivity contribution in [3.63, 3.8) is 0 Å². The van der Waals surface area contributed by atoms with E-state index in [1.165, 1.54) is 15.7 Å². The van der Waals surface area contributed by atoms with E-state index in [2.05, 4.69) is 75.0 Å². The van der Waals surface area contributed by atoms with Gasteiger partial charge in [-0.25, -0.2) is 9.97 Å². The van der Waals surface area contributed by atoms with Crippen LogP contribution in [0.4, 0.5) is 0 Å². The standard InChI is InChI=1S/C14H9IN2S/c15-13-8-16-9-17-14(13)18-12-6-5-10-3-1-2-4-11(10)7-12/h1-9H. The fraction of sp³-hybridized carbons (Fsp3) is 0. The summed E-state index contributed by atoms with van der Waals surface area (Å²) in [5, 5.41) is 3.52. The van der Waals surface area contributed by atoms with Crippen molar-refractivity contribution in [1.82, 2.24) is 9.97 Å². The SMILES string of the molecule is Ic1cncnc1Sc1ccc2ccccc2c1. The molecule has 0 saturated carbocycles. The molecule has 3 rings (SSSR count). The predicted molar refractivity (Wildman–Crippen MR) is 82.8 cm³/mol. The van der Waals surface area contributed by atoms with Crippen molar-refractivity contribution in [2.75, 3.05) is 0 Å². The molecule has 0 aliphatic heterocycles. The van der Waals surface area contributed by atoms with E-state index in [9.17, 15) is 0 Å². The van der Waals surface area contributed by atoms with Crippen LogP contribution in [0.3, 0.4) is 0 Å². The van der Waals surface area contributed by atoms with Crippen LogP contribution in [0.5, 0.6) is 0 Å². The number of rotatable bonds is 2. The largest absolute Gasteiger partial charge is 0.244 e. The smallest absolute Gasteiger partial charge is 0.118 e. The Bertz CT molecular complexity index is 700. The second-order valence-corrected chi connectivity index (χ2v) is 6.01. The van der Waals surface area contributed by atoms with E-state index in [1.807, 2.05) is 6.20 Å². The average Bonchev–Trinajstić information content (AvgIpc) is 2.41. The van der Waals surface area contributed by atoms with Gasteiger partial charge in [-0.1, -0.05) is 42.1 Å². The fourth-order valence-electron chi connectivity index (χ4n) is 1.72. The quantitative estimate of drug-likeness (QED) is 0.498. The molecule has 3 aromatic rings. The van der Waals surface area contributed by atoms with E-state index in [0.29, 0.717) is 0 Å². The molecule has 0 amide bonds. The average molecular weight is 364 g/mol. The van der Waals surface area contributed by atoms with Gasteiger partial charge >= 0.3 is 0 Å². The summed E-state index contributed by atoms with van der Waals surface area (Å²) in [5.41, 5.74) is 0. The number of nitrogens with zero attached hydrogens (tertiary/aromatic N) is 2. The number of hydrogen-bond donors (Lipinski definition) is 0. The summed E-state index contributed by atoms with van der Waals surface area (Å²) in [6.07, 6.45) is 3.42. The van der Waals surface area contributed by atoms with E-state index in [4.69, 9.17) is 0 Å². The Kier molecular flexibility index (Phi) is 3.47. The van der Waals surface area contributed by atoms with Crippen LogP contribution in [0, 0.1) is 3.57 Å². The molecule has 2 nitrogen and oxygen atoms in total. The van der Waals surface area contributed by atoms with Crippen molar-refractivity contribution in [2.24, 2.45) is 0 Å². The lowest BCUT2D eigenvalue weighted by molar-refractivity contribution is 1.02. The van der Waals surface area contributed by atoms with E-state index >= 15 is 0 Å². The minimum absolute atomic E-state index is 1.00. The van der Waals surface area contributed by atoms with Gasteiger partial charge in [-0.3, -0.25) is 0 Å². The molecule has 4 heteroatoms. The lowest BCUT2D eigenvalue weighted by Gasteiger charge is -2.04. The summed E-state index contributed by atoms with van der Waals surface area (Å²) in [7, 11) is 0. The van der Waals surface area contributed by atoms with Gasteiger partial charge in [0.1, 0.15) is 11.4 Å². The Morgan fingerprint density at radius 2 is 1.83 bits per heavy atom. The highest BCUT2D eigenvalue weighted by molar-refractivity contribution is 14.1. The number of hydrogen-bond acceptors (Lipinski definition) is 3. The highest BCUT2D eigenvalue weighted by Gasteiger charge is 2.04. The third-order valence-corrected chi connectivity index (χ3v) is 4.73. The van der Waals surface area contributed by atoms with Crippen LogP contribution in [0.15, 0.2) is 64.9 Å². The maximum absolute atomic E-state index is 4.30. The molecular formula is C14H9IN2S. The topological polar surface area (TPSA) is 25.8 Å². The molecule has 1 heterocycles. The highest BCUT2D eigenvalue weighted by atomic mass is 127. The molecule has 0 atom stereocenters. The molecule has 0 radical (unpaired) electrons. The van der Waals surface area contributed by atoms with Crippen molar-refractivity contribution in [3.8, 4) is 0 Å². The Morgan fingerprint density at radius 1 is 1.00 bits per heavy atom. The van der Waals surface area contributed by atoms with Gasteiger partial charge in [-0.05, 0) is 45.5 Å². The van der Waals surface area contributed by atoms with Crippen LogP contribution in [0.25, 0.3) is 10.8 Å². The van der Waals surface area contributed by atoms with Crippen molar-refractivity contribution < 1.29 is 0 Å². The second kappa shape index (κ2) is 5.24. The van der Waals surface area contributed by atoms with E-state index in [-0.39, 0.29) is 0 Å². The normalized spacial score (nSPS) is 10.7. The minimum atomic E-state index is 1.00. The minimum Gasteiger partial charge on any atom is -0.244 e. The molecule has 88 valence electrons. The number of halogens is 1. The summed E-state index contributed by atoms with van der Waals surface area (Å²) >= 11 is 3.93. The zero-order valence-corrected chi connectivity index (χ0v) is 12.4. The van der Waals surface area contributed by atoms with Gasteiger partial charge in [-0.2, -0.15) is 0 Å². The monoisotopic (exact) mass is 364 g/mol. The first kappa shape index (κ1) is 11.9. The molecule has 0 aliphatic rings. The van der Waals surface area contributed by atoms with Crippen LogP contribution >= 0.6 is 34.4 Å². The number of benzene rings is 2. The molecule has 2 aromatic carbocycles. The maximum Gasteiger partial charge on any atom is 0.118 e. The molecule has 0 saturated heterocycles. The van der Waals surface area contributed by atoms with Crippen LogP contribution in [-0.4, -0.2) is 9.97 Å². The predicted octanol–water partition coefficient (Wildman–Crippen LogP) is 4.39. The first-order chi connectivity index (χ1) is 8.83. The fourth-order valence-corrected chi connectivity index (χ4v) is 3.14. The summed E-state index contributed by atoms with van der Waals surface area (Å²) < 4.78 is 1.08. The molecule has 0 unspecified atom stereocenters. The van der Waals surface area contributed by atoms with Crippen LogP contribution in [0.2, 0.25) is 0 Å². The summed E-state index contributed by atoms with van der Waals surface area (Å²) in [5.74, 6) is 0. The Labute approximate surface area is 123 Å². The summed E-state index contributed by atoms with van der Waals surface area (Å²) in [6, 6.07) is 14.8. The van der Waals surface area contributed by atoms with Crippen molar-refractivity contribution in [3.05, 3.63) is 58.6 Å².